The fourth-order valence-electron chi connectivity index (χ4n) is 6.01. The number of aliphatic carboxylic acids is 1. The van der Waals surface area contributed by atoms with Crippen molar-refractivity contribution in [2.45, 2.75) is 84.8 Å². The van der Waals surface area contributed by atoms with Crippen LogP contribution in [0.4, 0.5) is 0 Å². The van der Waals surface area contributed by atoms with Crippen LogP contribution < -0.4 is 24.3 Å². The van der Waals surface area contributed by atoms with Crippen LogP contribution in [0.5, 0.6) is 23.5 Å². The summed E-state index contributed by atoms with van der Waals surface area (Å²) in [4.78, 5) is 31.3. The number of nitrogens with zero attached hydrogens (tertiary/aromatic N) is 2. The average molecular weight is 874 g/mol. The van der Waals surface area contributed by atoms with E-state index in [1.807, 2.05) is 36.4 Å². The Balaban J connectivity index is 1.43. The number of aryl methyl sites for hydroxylation is 1. The molecule has 0 amide bonds. The molecule has 0 aliphatic rings. The minimum Gasteiger partial charge on any atom is -0.481 e. The first kappa shape index (κ1) is 42.7. The Morgan fingerprint density at radius 1 is 0.759 bits per heavy atom. The molecule has 2 aromatic heterocycles. The summed E-state index contributed by atoms with van der Waals surface area (Å²) in [5, 5.41) is 31.9. The fourth-order valence-corrected chi connectivity index (χ4v) is 6.97. The van der Waals surface area contributed by atoms with Crippen LogP contribution in [0.15, 0.2) is 57.5 Å². The fraction of sp³-hybridized carbons (Fsp3) is 0.400. The third-order valence-corrected chi connectivity index (χ3v) is 10.0. The maximum absolute atomic E-state index is 11.3. The van der Waals surface area contributed by atoms with Crippen LogP contribution in [0, 0.1) is 13.8 Å². The van der Waals surface area contributed by atoms with Crippen molar-refractivity contribution >= 4 is 43.6 Å². The van der Waals surface area contributed by atoms with Gasteiger partial charge in [-0.25, -0.2) is 0 Å². The van der Waals surface area contributed by atoms with Crippen molar-refractivity contribution in [3.63, 3.8) is 0 Å². The molecule has 290 valence electrons. The lowest BCUT2D eigenvalue weighted by atomic mass is 9.92. The molecular formula is C40H47Br2N3O9. The molecule has 0 saturated heterocycles. The number of carboxylic acids is 1. The van der Waals surface area contributed by atoms with Crippen LogP contribution in [0.25, 0.3) is 11.1 Å². The third kappa shape index (κ3) is 12.0. The summed E-state index contributed by atoms with van der Waals surface area (Å²) in [5.41, 5.74) is 7.82. The van der Waals surface area contributed by atoms with Gasteiger partial charge in [0.15, 0.2) is 0 Å². The topological polar surface area (TPSA) is 170 Å². The van der Waals surface area contributed by atoms with Gasteiger partial charge in [0.2, 0.25) is 23.5 Å². The number of carbonyl (C=O) groups is 2. The molecular weight excluding hydrogens is 826 g/mol. The molecule has 2 atom stereocenters. The maximum atomic E-state index is 11.3. The Morgan fingerprint density at radius 2 is 1.28 bits per heavy atom. The lowest BCUT2D eigenvalue weighted by Gasteiger charge is -2.18. The number of hydrogen-bond acceptors (Lipinski definition) is 11. The van der Waals surface area contributed by atoms with Gasteiger partial charge in [0.1, 0.15) is 19.0 Å². The zero-order chi connectivity index (χ0) is 39.4. The lowest BCUT2D eigenvalue weighted by molar-refractivity contribution is -0.139. The smallest absolute Gasteiger partial charge is 0.305 e. The molecule has 0 radical (unpaired) electrons. The van der Waals surface area contributed by atoms with Gasteiger partial charge in [0.05, 0.1) is 41.8 Å². The van der Waals surface area contributed by atoms with Crippen LogP contribution in [0.3, 0.4) is 0 Å². The van der Waals surface area contributed by atoms with Crippen LogP contribution in [0.1, 0.15) is 66.0 Å². The van der Waals surface area contributed by atoms with Crippen LogP contribution in [-0.4, -0.2) is 70.0 Å². The summed E-state index contributed by atoms with van der Waals surface area (Å²) in [6, 6.07) is 16.0. The van der Waals surface area contributed by atoms with Crippen molar-refractivity contribution < 1.29 is 43.9 Å². The van der Waals surface area contributed by atoms with E-state index in [1.54, 1.807) is 0 Å². The number of ether oxygens (including phenoxy) is 4. The number of rotatable bonds is 21. The molecule has 0 spiro atoms. The minimum absolute atomic E-state index is 0.0701. The standard InChI is InChI=1S/C40H47Br2N3O9/c1-23(46)15-31(48)20-43-19-29-17-35(42)40(45-38(29)52-5)54-22-28-11-8-14-33(25(28)3)32-13-7-10-27(24(32)2)21-53-39-34(41)16-26(37(44-39)51-4)9-6-12-30(47)18-36(49)50/h7-8,10-11,13-14,16-17,30-31,43,47-48H,6,9,12,15,18-22H2,1-5H3,(H,49,50)/t30-,31+/m1/s1. The van der Waals surface area contributed by atoms with Gasteiger partial charge in [-0.3, -0.25) is 9.59 Å². The number of carboxylic acid groups (broad SMARTS) is 1. The normalized spacial score (nSPS) is 12.2. The highest BCUT2D eigenvalue weighted by molar-refractivity contribution is 9.10. The van der Waals surface area contributed by atoms with E-state index in [0.29, 0.717) is 58.3 Å². The Morgan fingerprint density at radius 3 is 1.78 bits per heavy atom. The maximum Gasteiger partial charge on any atom is 0.305 e. The average Bonchev–Trinajstić information content (AvgIpc) is 3.11. The van der Waals surface area contributed by atoms with E-state index in [0.717, 1.165) is 44.5 Å². The predicted molar refractivity (Wildman–Crippen MR) is 211 cm³/mol. The highest BCUT2D eigenvalue weighted by Gasteiger charge is 2.18. The highest BCUT2D eigenvalue weighted by atomic mass is 79.9. The van der Waals surface area contributed by atoms with Crippen LogP contribution in [0.2, 0.25) is 0 Å². The predicted octanol–water partition coefficient (Wildman–Crippen LogP) is 7.05. The number of aliphatic hydroxyl groups is 2. The van der Waals surface area contributed by atoms with E-state index in [9.17, 15) is 19.8 Å². The molecule has 12 nitrogen and oxygen atoms in total. The van der Waals surface area contributed by atoms with Crippen molar-refractivity contribution in [1.29, 1.82) is 0 Å². The molecule has 54 heavy (non-hydrogen) atoms. The third-order valence-electron chi connectivity index (χ3n) is 8.88. The summed E-state index contributed by atoms with van der Waals surface area (Å²) in [6.45, 7) is 6.76. The summed E-state index contributed by atoms with van der Waals surface area (Å²) in [6.07, 6.45) is -0.375. The monoisotopic (exact) mass is 871 g/mol. The Kier molecular flexibility index (Phi) is 16.2. The first-order valence-corrected chi connectivity index (χ1v) is 19.1. The molecule has 0 unspecified atom stereocenters. The molecule has 0 saturated carbocycles. The van der Waals surface area contributed by atoms with Gasteiger partial charge in [-0.1, -0.05) is 36.4 Å². The molecule has 0 aliphatic heterocycles. The summed E-state index contributed by atoms with van der Waals surface area (Å²) < 4.78 is 24.8. The highest BCUT2D eigenvalue weighted by Crippen LogP contribution is 2.35. The molecule has 0 bridgehead atoms. The van der Waals surface area contributed by atoms with Gasteiger partial charge in [0, 0.05) is 30.6 Å². The van der Waals surface area contributed by atoms with Gasteiger partial charge in [-0.15, -0.1) is 0 Å². The number of halogens is 2. The van der Waals surface area contributed by atoms with Gasteiger partial charge in [0.25, 0.3) is 0 Å². The second-order valence-corrected chi connectivity index (χ2v) is 14.7. The van der Waals surface area contributed by atoms with Crippen molar-refractivity contribution in [3.8, 4) is 34.6 Å². The Bertz CT molecular complexity index is 1790. The Hall–Kier alpha value is -4.08. The van der Waals surface area contributed by atoms with E-state index < -0.39 is 18.2 Å². The quantitative estimate of drug-likeness (QED) is 0.0675. The van der Waals surface area contributed by atoms with E-state index in [2.05, 4.69) is 73.1 Å². The summed E-state index contributed by atoms with van der Waals surface area (Å²) >= 11 is 7.15. The molecule has 0 fully saturated rings. The second kappa shape index (κ2) is 20.6. The molecule has 0 aliphatic carbocycles. The number of pyridine rings is 2. The van der Waals surface area contributed by atoms with E-state index in [1.165, 1.54) is 21.1 Å². The molecule has 4 rings (SSSR count). The first-order valence-electron chi connectivity index (χ1n) is 17.5. The second-order valence-electron chi connectivity index (χ2n) is 13.0. The Labute approximate surface area is 332 Å². The van der Waals surface area contributed by atoms with Crippen LogP contribution in [-0.2, 0) is 35.8 Å². The minimum atomic E-state index is -1.03. The zero-order valence-corrected chi connectivity index (χ0v) is 34.3. The molecule has 4 N–H and O–H groups in total. The largest absolute Gasteiger partial charge is 0.481 e. The van der Waals surface area contributed by atoms with Crippen molar-refractivity contribution in [2.75, 3.05) is 20.8 Å². The van der Waals surface area contributed by atoms with Gasteiger partial charge in [-0.05, 0) is 117 Å². The summed E-state index contributed by atoms with van der Waals surface area (Å²) in [7, 11) is 3.07. The van der Waals surface area contributed by atoms with Gasteiger partial charge in [-0.2, -0.15) is 9.97 Å². The number of carbonyl (C=O) groups excluding carboxylic acids is 1. The number of methoxy groups -OCH3 is 2. The van der Waals surface area contributed by atoms with Crippen molar-refractivity contribution in [3.05, 3.63) is 90.9 Å². The van der Waals surface area contributed by atoms with E-state index in [-0.39, 0.29) is 38.4 Å². The molecule has 4 aromatic rings. The van der Waals surface area contributed by atoms with Crippen molar-refractivity contribution in [1.82, 2.24) is 15.3 Å². The number of aromatic nitrogens is 2. The van der Waals surface area contributed by atoms with E-state index >= 15 is 0 Å². The van der Waals surface area contributed by atoms with Gasteiger partial charge < -0.3 is 39.6 Å². The van der Waals surface area contributed by atoms with Crippen LogP contribution >= 0.6 is 31.9 Å². The number of aliphatic hydroxyl groups excluding tert-OH is 2. The van der Waals surface area contributed by atoms with E-state index in [4.69, 9.17) is 24.1 Å². The number of Topliss-reactive ketones (excluding diaryl/α,β-unsaturated/α-hetero) is 1. The first-order chi connectivity index (χ1) is 25.8. The zero-order valence-electron chi connectivity index (χ0n) is 31.1. The number of benzene rings is 2. The summed E-state index contributed by atoms with van der Waals surface area (Å²) in [5.74, 6) is 0.467. The van der Waals surface area contributed by atoms with Gasteiger partial charge >= 0.3 is 5.97 Å². The number of hydrogen-bond donors (Lipinski definition) is 4. The number of ketones is 1. The lowest BCUT2D eigenvalue weighted by Crippen LogP contribution is -2.28. The SMILES string of the molecule is COc1nc(OCc2cccc(-c3cccc(COc4nc(OC)c(CNC[C@@H](O)CC(C)=O)cc4Br)c3C)c2C)c(Br)cc1CCC[C@@H](O)CC(=O)O. The molecule has 14 heteroatoms. The van der Waals surface area contributed by atoms with Crippen molar-refractivity contribution in [2.24, 2.45) is 0 Å². The molecule has 2 heterocycles. The molecule has 2 aromatic carbocycles. The number of nitrogens with one attached hydrogen (secondary N) is 1.